The van der Waals surface area contributed by atoms with Crippen molar-refractivity contribution in [1.82, 2.24) is 0 Å². The van der Waals surface area contributed by atoms with E-state index in [1.54, 1.807) is 12.1 Å². The van der Waals surface area contributed by atoms with Crippen LogP contribution in [0.3, 0.4) is 0 Å². The minimum atomic E-state index is 0.0659. The SMILES string of the molecule is CC(C)c1c(O)cc(C#Cc2ccccc2)cc1O. The van der Waals surface area contributed by atoms with Crippen molar-refractivity contribution in [3.63, 3.8) is 0 Å². The van der Waals surface area contributed by atoms with Crippen LogP contribution in [-0.2, 0) is 0 Å². The summed E-state index contributed by atoms with van der Waals surface area (Å²) in [5.74, 6) is 6.18. The second kappa shape index (κ2) is 5.49. The van der Waals surface area contributed by atoms with E-state index >= 15 is 0 Å². The molecule has 2 heteroatoms. The third-order valence-electron chi connectivity index (χ3n) is 2.84. The van der Waals surface area contributed by atoms with Crippen molar-refractivity contribution in [2.45, 2.75) is 19.8 Å². The molecular formula is C17H16O2. The van der Waals surface area contributed by atoms with Crippen LogP contribution in [0.5, 0.6) is 11.5 Å². The van der Waals surface area contributed by atoms with Gasteiger partial charge in [0.1, 0.15) is 11.5 Å². The van der Waals surface area contributed by atoms with Gasteiger partial charge in [-0.3, -0.25) is 0 Å². The number of aromatic hydroxyl groups is 2. The Morgan fingerprint density at radius 2 is 1.37 bits per heavy atom. The number of phenols is 2. The van der Waals surface area contributed by atoms with E-state index in [9.17, 15) is 10.2 Å². The molecule has 0 aliphatic rings. The highest BCUT2D eigenvalue weighted by atomic mass is 16.3. The molecule has 19 heavy (non-hydrogen) atoms. The summed E-state index contributed by atoms with van der Waals surface area (Å²) in [5.41, 5.74) is 2.06. The Kier molecular flexibility index (Phi) is 3.77. The molecule has 2 aromatic carbocycles. The van der Waals surface area contributed by atoms with Gasteiger partial charge < -0.3 is 10.2 Å². The van der Waals surface area contributed by atoms with E-state index in [4.69, 9.17) is 0 Å². The zero-order valence-corrected chi connectivity index (χ0v) is 11.0. The van der Waals surface area contributed by atoms with E-state index in [0.717, 1.165) is 5.56 Å². The van der Waals surface area contributed by atoms with Crippen LogP contribution in [0.4, 0.5) is 0 Å². The van der Waals surface area contributed by atoms with E-state index < -0.39 is 0 Å². The summed E-state index contributed by atoms with van der Waals surface area (Å²) in [6.07, 6.45) is 0. The lowest BCUT2D eigenvalue weighted by molar-refractivity contribution is 0.433. The summed E-state index contributed by atoms with van der Waals surface area (Å²) in [5, 5.41) is 19.8. The van der Waals surface area contributed by atoms with Gasteiger partial charge in [0.15, 0.2) is 0 Å². The number of phenolic OH excluding ortho intramolecular Hbond substituents is 2. The molecule has 0 aliphatic carbocycles. The maximum Gasteiger partial charge on any atom is 0.123 e. The third-order valence-corrected chi connectivity index (χ3v) is 2.84. The molecule has 0 amide bonds. The van der Waals surface area contributed by atoms with Crippen molar-refractivity contribution in [1.29, 1.82) is 0 Å². The molecule has 0 radical (unpaired) electrons. The van der Waals surface area contributed by atoms with Crippen LogP contribution in [0.1, 0.15) is 36.5 Å². The number of hydrogen-bond acceptors (Lipinski definition) is 2. The summed E-state index contributed by atoms with van der Waals surface area (Å²) in [6.45, 7) is 3.84. The summed E-state index contributed by atoms with van der Waals surface area (Å²) in [7, 11) is 0. The first kappa shape index (κ1) is 13.0. The number of benzene rings is 2. The molecule has 2 N–H and O–H groups in total. The maximum absolute atomic E-state index is 9.91. The van der Waals surface area contributed by atoms with Gasteiger partial charge >= 0.3 is 0 Å². The second-order valence-corrected chi connectivity index (χ2v) is 4.70. The zero-order chi connectivity index (χ0) is 13.8. The molecule has 0 atom stereocenters. The van der Waals surface area contributed by atoms with Crippen molar-refractivity contribution < 1.29 is 10.2 Å². The molecule has 0 fully saturated rings. The largest absolute Gasteiger partial charge is 0.507 e. The minimum Gasteiger partial charge on any atom is -0.507 e. The summed E-state index contributed by atoms with van der Waals surface area (Å²) in [6, 6.07) is 12.8. The van der Waals surface area contributed by atoms with Crippen molar-refractivity contribution in [2.24, 2.45) is 0 Å². The van der Waals surface area contributed by atoms with E-state index in [-0.39, 0.29) is 17.4 Å². The van der Waals surface area contributed by atoms with Crippen LogP contribution in [0.15, 0.2) is 42.5 Å². The van der Waals surface area contributed by atoms with Gasteiger partial charge in [-0.15, -0.1) is 0 Å². The molecule has 0 bridgehead atoms. The van der Waals surface area contributed by atoms with Gasteiger partial charge in [0.05, 0.1) is 0 Å². The van der Waals surface area contributed by atoms with Crippen LogP contribution in [-0.4, -0.2) is 10.2 Å². The first-order valence-corrected chi connectivity index (χ1v) is 6.21. The monoisotopic (exact) mass is 252 g/mol. The Morgan fingerprint density at radius 3 is 1.89 bits per heavy atom. The van der Waals surface area contributed by atoms with E-state index in [1.807, 2.05) is 44.2 Å². The molecule has 0 spiro atoms. The summed E-state index contributed by atoms with van der Waals surface area (Å²) >= 11 is 0. The molecule has 2 rings (SSSR count). The van der Waals surface area contributed by atoms with Gasteiger partial charge in [-0.25, -0.2) is 0 Å². The molecule has 0 saturated heterocycles. The quantitative estimate of drug-likeness (QED) is 0.761. The Bertz CT molecular complexity index is 608. The number of rotatable bonds is 1. The molecule has 2 aromatic rings. The normalized spacial score (nSPS) is 10.1. The van der Waals surface area contributed by atoms with Crippen LogP contribution in [0.25, 0.3) is 0 Å². The first-order chi connectivity index (χ1) is 9.08. The lowest BCUT2D eigenvalue weighted by Crippen LogP contribution is -1.90. The second-order valence-electron chi connectivity index (χ2n) is 4.70. The van der Waals surface area contributed by atoms with Gasteiger partial charge in [0, 0.05) is 16.7 Å². The van der Waals surface area contributed by atoms with E-state index in [0.29, 0.717) is 11.1 Å². The average Bonchev–Trinajstić information content (AvgIpc) is 2.36. The Hall–Kier alpha value is -2.40. The smallest absolute Gasteiger partial charge is 0.123 e. The molecule has 0 heterocycles. The van der Waals surface area contributed by atoms with Crippen molar-refractivity contribution in [3.05, 3.63) is 59.2 Å². The summed E-state index contributed by atoms with van der Waals surface area (Å²) in [4.78, 5) is 0. The zero-order valence-electron chi connectivity index (χ0n) is 11.0. The predicted molar refractivity (Wildman–Crippen MR) is 76.3 cm³/mol. The van der Waals surface area contributed by atoms with Crippen molar-refractivity contribution >= 4 is 0 Å². The molecule has 0 unspecified atom stereocenters. The van der Waals surface area contributed by atoms with Gasteiger partial charge in [-0.1, -0.05) is 43.9 Å². The fourth-order valence-electron chi connectivity index (χ4n) is 1.95. The molecule has 96 valence electrons. The Balaban J connectivity index is 2.36. The summed E-state index contributed by atoms with van der Waals surface area (Å²) < 4.78 is 0. The van der Waals surface area contributed by atoms with E-state index in [1.165, 1.54) is 0 Å². The highest BCUT2D eigenvalue weighted by Crippen LogP contribution is 2.34. The fraction of sp³-hybridized carbons (Fsp3) is 0.176. The van der Waals surface area contributed by atoms with Gasteiger partial charge in [-0.2, -0.15) is 0 Å². The lowest BCUT2D eigenvalue weighted by Gasteiger charge is -2.10. The predicted octanol–water partition coefficient (Wildman–Crippen LogP) is 3.62. The fourth-order valence-corrected chi connectivity index (χ4v) is 1.95. The Labute approximate surface area is 113 Å². The van der Waals surface area contributed by atoms with Crippen LogP contribution in [0.2, 0.25) is 0 Å². The van der Waals surface area contributed by atoms with Crippen LogP contribution >= 0.6 is 0 Å². The van der Waals surface area contributed by atoms with Crippen molar-refractivity contribution in [3.8, 4) is 23.3 Å². The maximum atomic E-state index is 9.91. The Morgan fingerprint density at radius 1 is 0.842 bits per heavy atom. The third kappa shape index (κ3) is 3.08. The number of hydrogen-bond donors (Lipinski definition) is 2. The molecule has 0 aromatic heterocycles. The highest BCUT2D eigenvalue weighted by molar-refractivity contribution is 5.54. The van der Waals surface area contributed by atoms with Gasteiger partial charge in [0.25, 0.3) is 0 Å². The van der Waals surface area contributed by atoms with Gasteiger partial charge in [-0.05, 0) is 30.2 Å². The highest BCUT2D eigenvalue weighted by Gasteiger charge is 2.12. The molecule has 0 saturated carbocycles. The minimum absolute atomic E-state index is 0.0659. The standard InChI is InChI=1S/C17H16O2/c1-12(2)17-15(18)10-14(11-16(17)19)9-8-13-6-4-3-5-7-13/h3-7,10-12,18-19H,1-2H3. The van der Waals surface area contributed by atoms with Crippen LogP contribution < -0.4 is 0 Å². The molecule has 0 aliphatic heterocycles. The van der Waals surface area contributed by atoms with Gasteiger partial charge in [0.2, 0.25) is 0 Å². The van der Waals surface area contributed by atoms with Crippen molar-refractivity contribution in [2.75, 3.05) is 0 Å². The van der Waals surface area contributed by atoms with Crippen LogP contribution in [0, 0.1) is 11.8 Å². The molecular weight excluding hydrogens is 236 g/mol. The lowest BCUT2D eigenvalue weighted by atomic mass is 9.99. The topological polar surface area (TPSA) is 40.5 Å². The van der Waals surface area contributed by atoms with E-state index in [2.05, 4.69) is 11.8 Å². The molecule has 2 nitrogen and oxygen atoms in total. The average molecular weight is 252 g/mol. The first-order valence-electron chi connectivity index (χ1n) is 6.21.